The summed E-state index contributed by atoms with van der Waals surface area (Å²) >= 11 is 1.14. The van der Waals surface area contributed by atoms with E-state index in [1.54, 1.807) is 12.1 Å². The zero-order chi connectivity index (χ0) is 36.6. The first-order valence-electron chi connectivity index (χ1n) is 16.6. The molecule has 0 radical (unpaired) electrons. The van der Waals surface area contributed by atoms with Crippen LogP contribution in [0.2, 0.25) is 0 Å². The van der Waals surface area contributed by atoms with Gasteiger partial charge in [-0.15, -0.1) is 11.3 Å². The van der Waals surface area contributed by atoms with Crippen LogP contribution < -0.4 is 4.74 Å². The van der Waals surface area contributed by atoms with Gasteiger partial charge in [0.05, 0.1) is 16.1 Å². The van der Waals surface area contributed by atoms with Crippen molar-refractivity contribution in [2.75, 3.05) is 6.26 Å². The second-order valence-electron chi connectivity index (χ2n) is 12.5. The lowest BCUT2D eigenvalue weighted by molar-refractivity contribution is 0.282. The molecule has 0 saturated carbocycles. The molecule has 53 heavy (non-hydrogen) atoms. The summed E-state index contributed by atoms with van der Waals surface area (Å²) in [6.45, 7) is -0.141. The number of thiophene rings is 1. The number of aromatic nitrogens is 4. The predicted molar refractivity (Wildman–Crippen MR) is 202 cm³/mol. The summed E-state index contributed by atoms with van der Waals surface area (Å²) in [6, 6.07) is 42.5. The highest BCUT2D eigenvalue weighted by molar-refractivity contribution is 7.92. The van der Waals surface area contributed by atoms with Crippen LogP contribution in [0.5, 0.6) is 5.75 Å². The predicted octanol–water partition coefficient (Wildman–Crippen LogP) is 9.32. The Morgan fingerprint density at radius 1 is 0.755 bits per heavy atom. The third-order valence-electron chi connectivity index (χ3n) is 9.09. The van der Waals surface area contributed by atoms with Gasteiger partial charge in [0.25, 0.3) is 0 Å². The molecule has 0 unspecified atom stereocenters. The van der Waals surface area contributed by atoms with Gasteiger partial charge < -0.3 is 4.74 Å². The molecule has 0 N–H and O–H groups in total. The van der Waals surface area contributed by atoms with Crippen LogP contribution in [0, 0.1) is 11.6 Å². The van der Waals surface area contributed by atoms with Gasteiger partial charge in [-0.3, -0.25) is 4.68 Å². The molecule has 0 aliphatic carbocycles. The fourth-order valence-electron chi connectivity index (χ4n) is 6.67. The second-order valence-corrected chi connectivity index (χ2v) is 15.8. The number of nitrogens with zero attached hydrogens (tertiary/aromatic N) is 4. The minimum atomic E-state index is -3.41. The zero-order valence-electron chi connectivity index (χ0n) is 28.2. The molecule has 3 heterocycles. The van der Waals surface area contributed by atoms with Gasteiger partial charge >= 0.3 is 0 Å². The number of hydrogen-bond donors (Lipinski definition) is 0. The minimum absolute atomic E-state index is 0.110. The Hall–Kier alpha value is -6.04. The molecule has 0 amide bonds. The molecule has 0 saturated heterocycles. The lowest BCUT2D eigenvalue weighted by Crippen LogP contribution is -2.38. The van der Waals surface area contributed by atoms with E-state index in [1.165, 1.54) is 18.6 Å². The van der Waals surface area contributed by atoms with Gasteiger partial charge in [-0.2, -0.15) is 5.10 Å². The molecule has 0 bridgehead atoms. The monoisotopic (exact) mass is 740 g/mol. The van der Waals surface area contributed by atoms with E-state index in [9.17, 15) is 17.2 Å². The number of fused-ring (bicyclic) bond motifs is 1. The van der Waals surface area contributed by atoms with Crippen molar-refractivity contribution in [3.8, 4) is 27.4 Å². The summed E-state index contributed by atoms with van der Waals surface area (Å²) in [6.07, 6.45) is 4.60. The van der Waals surface area contributed by atoms with Crippen molar-refractivity contribution in [1.82, 2.24) is 19.7 Å². The van der Waals surface area contributed by atoms with E-state index in [4.69, 9.17) is 9.84 Å². The highest BCUT2D eigenvalue weighted by atomic mass is 32.2. The second kappa shape index (κ2) is 13.8. The molecule has 0 spiro atoms. The number of ether oxygens (including phenoxy) is 1. The van der Waals surface area contributed by atoms with E-state index in [-0.39, 0.29) is 16.6 Å². The smallest absolute Gasteiger partial charge is 0.184 e. The molecular weight excluding hydrogens is 711 g/mol. The minimum Gasteiger partial charge on any atom is -0.484 e. The molecule has 11 heteroatoms. The highest BCUT2D eigenvalue weighted by Crippen LogP contribution is 2.43. The summed E-state index contributed by atoms with van der Waals surface area (Å²) < 4.78 is 61.5. The first-order chi connectivity index (χ1) is 25.7. The summed E-state index contributed by atoms with van der Waals surface area (Å²) in [5, 5.41) is 5.95. The van der Waals surface area contributed by atoms with E-state index < -0.39 is 27.0 Å². The molecule has 0 fully saturated rings. The summed E-state index contributed by atoms with van der Waals surface area (Å²) in [7, 11) is -3.41. The Labute approximate surface area is 308 Å². The quantitative estimate of drug-likeness (QED) is 0.130. The number of benzene rings is 5. The maximum atomic E-state index is 14.8. The van der Waals surface area contributed by atoms with Crippen LogP contribution in [0.25, 0.3) is 32.6 Å². The third-order valence-corrected chi connectivity index (χ3v) is 12.0. The standard InChI is InChI=1S/C42H30F2N4O3S2/c1-53(49,50)40-22-21-39(52-40)41-33-23-28(17-19-36(33)45-27-46-41)34-25-48(47-37(34)26-51-38-20-18-32(43)24-35(38)44)42(29-11-5-2-6-12-29,30-13-7-3-8-14-30)31-15-9-4-10-16-31/h2-25,27H,26H2,1H3. The molecule has 0 aliphatic heterocycles. The summed E-state index contributed by atoms with van der Waals surface area (Å²) in [5.74, 6) is -1.64. The maximum Gasteiger partial charge on any atom is 0.184 e. The first kappa shape index (κ1) is 34.1. The largest absolute Gasteiger partial charge is 0.484 e. The van der Waals surface area contributed by atoms with Crippen LogP contribution in [0.1, 0.15) is 22.4 Å². The van der Waals surface area contributed by atoms with Gasteiger partial charge in [-0.1, -0.05) is 97.1 Å². The number of hydrogen-bond acceptors (Lipinski definition) is 7. The molecule has 0 atom stereocenters. The topological polar surface area (TPSA) is 87.0 Å². The molecule has 262 valence electrons. The lowest BCUT2D eigenvalue weighted by atomic mass is 9.77. The number of rotatable bonds is 10. The average Bonchev–Trinajstić information content (AvgIpc) is 3.85. The van der Waals surface area contributed by atoms with Crippen LogP contribution in [0.3, 0.4) is 0 Å². The van der Waals surface area contributed by atoms with Gasteiger partial charge in [-0.05, 0) is 58.7 Å². The van der Waals surface area contributed by atoms with E-state index >= 15 is 0 Å². The molecule has 0 aliphatic rings. The van der Waals surface area contributed by atoms with Crippen LogP contribution in [-0.4, -0.2) is 34.4 Å². The molecule has 5 aromatic carbocycles. The maximum absolute atomic E-state index is 14.8. The van der Waals surface area contributed by atoms with Crippen molar-refractivity contribution in [2.24, 2.45) is 0 Å². The molecular formula is C42H30F2N4O3S2. The van der Waals surface area contributed by atoms with Crippen molar-refractivity contribution < 1.29 is 21.9 Å². The van der Waals surface area contributed by atoms with Crippen molar-refractivity contribution in [3.05, 3.63) is 186 Å². The number of halogens is 2. The van der Waals surface area contributed by atoms with Gasteiger partial charge in [0.1, 0.15) is 34.2 Å². The van der Waals surface area contributed by atoms with Gasteiger partial charge in [0, 0.05) is 29.5 Å². The molecule has 3 aromatic heterocycles. The van der Waals surface area contributed by atoms with Crippen LogP contribution >= 0.6 is 11.3 Å². The first-order valence-corrected chi connectivity index (χ1v) is 19.3. The van der Waals surface area contributed by atoms with Crippen LogP contribution in [0.15, 0.2) is 156 Å². The summed E-state index contributed by atoms with van der Waals surface area (Å²) in [4.78, 5) is 9.74. The normalized spacial score (nSPS) is 11.9. The Kier molecular flexibility index (Phi) is 8.89. The van der Waals surface area contributed by atoms with Gasteiger partial charge in [-0.25, -0.2) is 27.2 Å². The van der Waals surface area contributed by atoms with Gasteiger partial charge in [0.2, 0.25) is 0 Å². The van der Waals surface area contributed by atoms with E-state index in [0.29, 0.717) is 32.7 Å². The number of sulfone groups is 1. The zero-order valence-corrected chi connectivity index (χ0v) is 29.9. The van der Waals surface area contributed by atoms with E-state index in [2.05, 4.69) is 46.4 Å². The average molecular weight is 741 g/mol. The fraction of sp³-hybridized carbons (Fsp3) is 0.0714. The van der Waals surface area contributed by atoms with Crippen molar-refractivity contribution in [3.63, 3.8) is 0 Å². The molecule has 8 rings (SSSR count). The fourth-order valence-corrected chi connectivity index (χ4v) is 8.61. The van der Waals surface area contributed by atoms with E-state index in [1.807, 2.05) is 83.7 Å². The lowest BCUT2D eigenvalue weighted by Gasteiger charge is -2.36. The van der Waals surface area contributed by atoms with Crippen molar-refractivity contribution in [2.45, 2.75) is 16.4 Å². The highest BCUT2D eigenvalue weighted by Gasteiger charge is 2.40. The van der Waals surface area contributed by atoms with Crippen LogP contribution in [-0.2, 0) is 22.0 Å². The SMILES string of the molecule is CS(=O)(=O)c1ccc(-c2ncnc3ccc(-c4cn(C(c5ccccc5)(c5ccccc5)c5ccccc5)nc4COc4ccc(F)cc4F)cc23)s1. The van der Waals surface area contributed by atoms with Crippen molar-refractivity contribution >= 4 is 32.1 Å². The van der Waals surface area contributed by atoms with E-state index in [0.717, 1.165) is 45.7 Å². The summed E-state index contributed by atoms with van der Waals surface area (Å²) in [5.41, 5.74) is 5.10. The van der Waals surface area contributed by atoms with Gasteiger partial charge in [0.15, 0.2) is 21.4 Å². The van der Waals surface area contributed by atoms with Crippen molar-refractivity contribution in [1.29, 1.82) is 0 Å². The van der Waals surface area contributed by atoms with Crippen LogP contribution in [0.4, 0.5) is 8.78 Å². The Balaban J connectivity index is 1.36. The third kappa shape index (κ3) is 6.38. The Morgan fingerprint density at radius 3 is 1.98 bits per heavy atom. The molecule has 7 nitrogen and oxygen atoms in total. The Morgan fingerprint density at radius 2 is 1.40 bits per heavy atom. The Bertz CT molecular complexity index is 2590. The molecule has 8 aromatic rings.